The number of nitrogens with zero attached hydrogens (tertiary/aromatic N) is 1. The molecule has 1 saturated heterocycles. The second kappa shape index (κ2) is 6.13. The van der Waals surface area contributed by atoms with E-state index in [0.717, 1.165) is 0 Å². The first-order valence-electron chi connectivity index (χ1n) is 6.37. The number of carbonyl (C=O) groups is 2. The number of carbonyl (C=O) groups excluding carboxylic acids is 2. The molecule has 5 nitrogen and oxygen atoms in total. The van der Waals surface area contributed by atoms with E-state index < -0.39 is 5.92 Å². The Bertz CT molecular complexity index is 532. The molecule has 1 atom stereocenters. The summed E-state index contributed by atoms with van der Waals surface area (Å²) in [5.41, 5.74) is 0.632. The van der Waals surface area contributed by atoms with Crippen LogP contribution in [0.2, 0.25) is 5.02 Å². The van der Waals surface area contributed by atoms with Crippen LogP contribution in [-0.2, 0) is 14.3 Å². The molecular weight excluding hydrogens is 282 g/mol. The van der Waals surface area contributed by atoms with Crippen molar-refractivity contribution in [1.82, 2.24) is 0 Å². The van der Waals surface area contributed by atoms with E-state index in [1.165, 1.54) is 7.11 Å². The van der Waals surface area contributed by atoms with Gasteiger partial charge in [-0.3, -0.25) is 9.59 Å². The van der Waals surface area contributed by atoms with Gasteiger partial charge < -0.3 is 14.4 Å². The molecule has 6 heteroatoms. The highest BCUT2D eigenvalue weighted by Crippen LogP contribution is 2.35. The Balaban J connectivity index is 2.27. The highest BCUT2D eigenvalue weighted by Gasteiger charge is 2.36. The molecule has 0 saturated carbocycles. The Labute approximate surface area is 122 Å². The first kappa shape index (κ1) is 14.7. The fraction of sp³-hybridized carbons (Fsp3) is 0.429. The molecule has 1 aliphatic heterocycles. The van der Waals surface area contributed by atoms with Gasteiger partial charge in [0.1, 0.15) is 5.75 Å². The fourth-order valence-corrected chi connectivity index (χ4v) is 2.41. The van der Waals surface area contributed by atoms with E-state index in [4.69, 9.17) is 21.1 Å². The van der Waals surface area contributed by atoms with Gasteiger partial charge >= 0.3 is 5.97 Å². The molecule has 1 amide bonds. The zero-order valence-electron chi connectivity index (χ0n) is 11.4. The van der Waals surface area contributed by atoms with Crippen LogP contribution in [0.3, 0.4) is 0 Å². The van der Waals surface area contributed by atoms with Crippen LogP contribution in [0, 0.1) is 5.92 Å². The van der Waals surface area contributed by atoms with E-state index in [2.05, 4.69) is 0 Å². The van der Waals surface area contributed by atoms with E-state index in [1.54, 1.807) is 23.1 Å². The molecule has 2 rings (SSSR count). The first-order valence-corrected chi connectivity index (χ1v) is 6.75. The van der Waals surface area contributed by atoms with E-state index in [9.17, 15) is 9.59 Å². The van der Waals surface area contributed by atoms with Crippen LogP contribution in [0.5, 0.6) is 5.75 Å². The van der Waals surface area contributed by atoms with Crippen molar-refractivity contribution in [1.29, 1.82) is 0 Å². The van der Waals surface area contributed by atoms with E-state index in [1.807, 2.05) is 6.92 Å². The van der Waals surface area contributed by atoms with Crippen LogP contribution in [0.4, 0.5) is 5.69 Å². The van der Waals surface area contributed by atoms with Gasteiger partial charge in [-0.25, -0.2) is 0 Å². The highest BCUT2D eigenvalue weighted by atomic mass is 35.5. The average Bonchev–Trinajstić information content (AvgIpc) is 2.80. The number of amides is 1. The molecule has 1 aliphatic rings. The molecular formula is C14H16ClNO4. The summed E-state index contributed by atoms with van der Waals surface area (Å²) < 4.78 is 10.2. The summed E-state index contributed by atoms with van der Waals surface area (Å²) in [4.78, 5) is 25.2. The normalized spacial score (nSPS) is 18.2. The standard InChI is InChI=1S/C14H16ClNO4/c1-3-20-12-7-10(15)4-5-11(12)16-8-9(6-13(16)17)14(18)19-2/h4-5,7,9H,3,6,8H2,1-2H3. The molecule has 1 aromatic rings. The third kappa shape index (κ3) is 2.88. The fourth-order valence-electron chi connectivity index (χ4n) is 2.25. The van der Waals surface area contributed by atoms with Gasteiger partial charge in [-0.15, -0.1) is 0 Å². The number of hydrogen-bond donors (Lipinski definition) is 0. The molecule has 0 bridgehead atoms. The number of halogens is 1. The zero-order chi connectivity index (χ0) is 14.7. The van der Waals surface area contributed by atoms with Crippen molar-refractivity contribution in [2.45, 2.75) is 13.3 Å². The highest BCUT2D eigenvalue weighted by molar-refractivity contribution is 6.30. The van der Waals surface area contributed by atoms with Gasteiger partial charge in [0.05, 0.1) is 25.3 Å². The molecule has 0 aliphatic carbocycles. The van der Waals surface area contributed by atoms with E-state index in [0.29, 0.717) is 29.6 Å². The van der Waals surface area contributed by atoms with Crippen molar-refractivity contribution in [3.8, 4) is 5.75 Å². The number of esters is 1. The first-order chi connectivity index (χ1) is 9.56. The minimum atomic E-state index is -0.433. The van der Waals surface area contributed by atoms with E-state index in [-0.39, 0.29) is 18.3 Å². The van der Waals surface area contributed by atoms with Crippen LogP contribution >= 0.6 is 11.6 Å². The van der Waals surface area contributed by atoms with Crippen molar-refractivity contribution in [2.75, 3.05) is 25.2 Å². The smallest absolute Gasteiger partial charge is 0.311 e. The molecule has 20 heavy (non-hydrogen) atoms. The lowest BCUT2D eigenvalue weighted by Gasteiger charge is -2.20. The van der Waals surface area contributed by atoms with Crippen molar-refractivity contribution in [3.63, 3.8) is 0 Å². The molecule has 0 N–H and O–H groups in total. The number of rotatable bonds is 4. The van der Waals surface area contributed by atoms with Gasteiger partial charge in [0.2, 0.25) is 5.91 Å². The predicted octanol–water partition coefficient (Wildman–Crippen LogP) is 2.26. The zero-order valence-corrected chi connectivity index (χ0v) is 12.1. The van der Waals surface area contributed by atoms with E-state index >= 15 is 0 Å². The van der Waals surface area contributed by atoms with Gasteiger partial charge in [-0.1, -0.05) is 11.6 Å². The van der Waals surface area contributed by atoms with Crippen molar-refractivity contribution < 1.29 is 19.1 Å². The SMILES string of the molecule is CCOc1cc(Cl)ccc1N1CC(C(=O)OC)CC1=O. The molecule has 1 heterocycles. The summed E-state index contributed by atoms with van der Waals surface area (Å²) >= 11 is 5.94. The number of anilines is 1. The maximum Gasteiger partial charge on any atom is 0.311 e. The number of methoxy groups -OCH3 is 1. The maximum atomic E-state index is 12.1. The second-order valence-corrected chi connectivity index (χ2v) is 4.91. The summed E-state index contributed by atoms with van der Waals surface area (Å²) in [6, 6.07) is 5.09. The van der Waals surface area contributed by atoms with Crippen LogP contribution in [0.25, 0.3) is 0 Å². The maximum absolute atomic E-state index is 12.1. The van der Waals surface area contributed by atoms with Gasteiger partial charge in [0.15, 0.2) is 0 Å². The number of benzene rings is 1. The Morgan fingerprint density at radius 1 is 1.50 bits per heavy atom. The predicted molar refractivity (Wildman–Crippen MR) is 75.1 cm³/mol. The summed E-state index contributed by atoms with van der Waals surface area (Å²) in [5, 5.41) is 0.536. The molecule has 0 aromatic heterocycles. The monoisotopic (exact) mass is 297 g/mol. The van der Waals surface area contributed by atoms with Crippen LogP contribution in [0.1, 0.15) is 13.3 Å². The summed E-state index contributed by atoms with van der Waals surface area (Å²) in [6.45, 7) is 2.62. The molecule has 0 radical (unpaired) electrons. The summed E-state index contributed by atoms with van der Waals surface area (Å²) in [6.07, 6.45) is 0.154. The molecule has 108 valence electrons. The average molecular weight is 298 g/mol. The minimum Gasteiger partial charge on any atom is -0.492 e. The van der Waals surface area contributed by atoms with Gasteiger partial charge in [0.25, 0.3) is 0 Å². The lowest BCUT2D eigenvalue weighted by Crippen LogP contribution is -2.26. The van der Waals surface area contributed by atoms with Crippen LogP contribution in [0.15, 0.2) is 18.2 Å². The lowest BCUT2D eigenvalue weighted by atomic mass is 10.1. The number of hydrogen-bond acceptors (Lipinski definition) is 4. The van der Waals surface area contributed by atoms with Gasteiger partial charge in [-0.05, 0) is 19.1 Å². The quantitative estimate of drug-likeness (QED) is 0.800. The number of ether oxygens (including phenoxy) is 2. The molecule has 1 aromatic carbocycles. The Kier molecular flexibility index (Phi) is 4.49. The molecule has 1 fully saturated rings. The van der Waals surface area contributed by atoms with Crippen molar-refractivity contribution >= 4 is 29.2 Å². The second-order valence-electron chi connectivity index (χ2n) is 4.47. The lowest BCUT2D eigenvalue weighted by molar-refractivity contribution is -0.145. The third-order valence-electron chi connectivity index (χ3n) is 3.17. The third-order valence-corrected chi connectivity index (χ3v) is 3.41. The summed E-state index contributed by atoms with van der Waals surface area (Å²) in [7, 11) is 1.32. The van der Waals surface area contributed by atoms with Gasteiger partial charge in [-0.2, -0.15) is 0 Å². The Morgan fingerprint density at radius 3 is 2.90 bits per heavy atom. The molecule has 1 unspecified atom stereocenters. The van der Waals surface area contributed by atoms with Crippen molar-refractivity contribution in [3.05, 3.63) is 23.2 Å². The van der Waals surface area contributed by atoms with Crippen molar-refractivity contribution in [2.24, 2.45) is 5.92 Å². The summed E-state index contributed by atoms with van der Waals surface area (Å²) in [5.74, 6) is -0.382. The largest absolute Gasteiger partial charge is 0.492 e. The minimum absolute atomic E-state index is 0.122. The van der Waals surface area contributed by atoms with Gasteiger partial charge in [0, 0.05) is 24.1 Å². The van der Waals surface area contributed by atoms with Crippen LogP contribution < -0.4 is 9.64 Å². The Morgan fingerprint density at radius 2 is 2.25 bits per heavy atom. The topological polar surface area (TPSA) is 55.8 Å². The Hall–Kier alpha value is -1.75. The molecule has 0 spiro atoms. The van der Waals surface area contributed by atoms with Crippen LogP contribution in [-0.4, -0.2) is 32.1 Å².